The van der Waals surface area contributed by atoms with Crippen LogP contribution in [0.5, 0.6) is 0 Å². The Hall–Kier alpha value is -1.06. The zero-order valence-electron chi connectivity index (χ0n) is 17.7. The van der Waals surface area contributed by atoms with Gasteiger partial charge in [0.1, 0.15) is 11.6 Å². The molecule has 4 rings (SSSR count). The van der Waals surface area contributed by atoms with Crippen molar-refractivity contribution in [2.45, 2.75) is 13.8 Å². The Morgan fingerprint density at radius 2 is 1.12 bits per heavy atom. The summed E-state index contributed by atoms with van der Waals surface area (Å²) in [5.74, 6) is -0.509. The van der Waals surface area contributed by atoms with Crippen LogP contribution in [0.4, 0.5) is 8.78 Å². The number of hydrogen-bond acceptors (Lipinski definition) is 3. The van der Waals surface area contributed by atoms with Crippen molar-refractivity contribution in [3.8, 4) is 0 Å². The van der Waals surface area contributed by atoms with Gasteiger partial charge in [-0.15, -0.1) is 0 Å². The van der Waals surface area contributed by atoms with Crippen LogP contribution in [0.25, 0.3) is 11.4 Å². The summed E-state index contributed by atoms with van der Waals surface area (Å²) >= 11 is 5.30. The maximum atomic E-state index is 13.3. The minimum atomic E-state index is -0.255. The second kappa shape index (κ2) is 15.0. The summed E-state index contributed by atoms with van der Waals surface area (Å²) in [6.45, 7) is 7.79. The van der Waals surface area contributed by atoms with Crippen molar-refractivity contribution in [1.29, 1.82) is 0 Å². The minimum Gasteiger partial charge on any atom is -0.265 e. The van der Waals surface area contributed by atoms with Crippen LogP contribution in [-0.4, -0.2) is 27.9 Å². The molecule has 8 heteroatoms. The molecule has 3 nitrogen and oxygen atoms in total. The molecular formula is C24H24F2I2N3Pt-. The van der Waals surface area contributed by atoms with Crippen LogP contribution in [-0.2, 0) is 11.2 Å². The summed E-state index contributed by atoms with van der Waals surface area (Å²) in [4.78, 5) is 8.05. The second-order valence-electron chi connectivity index (χ2n) is 6.47. The smallest absolute Gasteiger partial charge is 0.0267 e. The van der Waals surface area contributed by atoms with E-state index in [1.54, 1.807) is 36.7 Å². The molecule has 0 aliphatic carbocycles. The van der Waals surface area contributed by atoms with E-state index in [1.807, 2.05) is 18.2 Å². The molecule has 0 saturated heterocycles. The number of hydrogen-bond donors (Lipinski definition) is 0. The van der Waals surface area contributed by atoms with Crippen molar-refractivity contribution in [2.75, 3.05) is 13.1 Å². The molecule has 2 aromatic carbocycles. The van der Waals surface area contributed by atoms with Crippen molar-refractivity contribution < 1.29 is 20.0 Å². The molecule has 0 N–H and O–H groups in total. The first kappa shape index (κ1) is 27.2. The zero-order chi connectivity index (χ0) is 23.3. The first-order valence-corrected chi connectivity index (χ1v) is 22.8. The summed E-state index contributed by atoms with van der Waals surface area (Å²) < 4.78 is 26.5. The Bertz CT molecular complexity index is 867. The average molecular weight is 841 g/mol. The van der Waals surface area contributed by atoms with Crippen LogP contribution in [0.1, 0.15) is 25.0 Å². The fourth-order valence-corrected chi connectivity index (χ4v) is 3.17. The number of aromatic nitrogens is 1. The predicted molar refractivity (Wildman–Crippen MR) is 141 cm³/mol. The van der Waals surface area contributed by atoms with Crippen molar-refractivity contribution in [2.24, 2.45) is 0 Å². The molecule has 0 radical (unpaired) electrons. The Morgan fingerprint density at radius 1 is 0.750 bits per heavy atom. The Balaban J connectivity index is 0.000000339. The first-order chi connectivity index (χ1) is 15.5. The monoisotopic (exact) mass is 841 g/mol. The number of nitrogens with zero attached hydrogens (tertiary/aromatic N) is 3. The fraction of sp³-hybridized carbons (Fsp3) is 0.167. The van der Waals surface area contributed by atoms with E-state index in [2.05, 4.69) is 74.0 Å². The van der Waals surface area contributed by atoms with Gasteiger partial charge in [0.05, 0.1) is 0 Å². The molecule has 174 valence electrons. The number of benzene rings is 2. The fourth-order valence-electron chi connectivity index (χ4n) is 3.17. The summed E-state index contributed by atoms with van der Waals surface area (Å²) in [5.41, 5.74) is 3.92. The van der Waals surface area contributed by atoms with Crippen LogP contribution < -0.4 is 0 Å². The van der Waals surface area contributed by atoms with Gasteiger partial charge in [0, 0.05) is 23.8 Å². The van der Waals surface area contributed by atoms with Gasteiger partial charge in [0.2, 0.25) is 0 Å². The number of rotatable bonds is 4. The third kappa shape index (κ3) is 8.06. The zero-order valence-corrected chi connectivity index (χ0v) is 24.3. The van der Waals surface area contributed by atoms with E-state index >= 15 is 0 Å². The third-order valence-electron chi connectivity index (χ3n) is 4.56. The molecule has 3 aromatic rings. The van der Waals surface area contributed by atoms with Crippen LogP contribution in [0.15, 0.2) is 79.1 Å². The Morgan fingerprint density at radius 3 is 1.38 bits per heavy atom. The summed E-state index contributed by atoms with van der Waals surface area (Å²) in [5, 5.41) is 0. The van der Waals surface area contributed by atoms with E-state index in [0.717, 1.165) is 35.6 Å². The van der Waals surface area contributed by atoms with Crippen molar-refractivity contribution >= 4 is 50.1 Å². The van der Waals surface area contributed by atoms with E-state index in [1.165, 1.54) is 24.3 Å². The molecule has 0 spiro atoms. The maximum Gasteiger partial charge on any atom is 0.0267 e. The maximum absolute atomic E-state index is 13.3. The van der Waals surface area contributed by atoms with E-state index < -0.39 is 0 Å². The van der Waals surface area contributed by atoms with Gasteiger partial charge >= 0.3 is 49.9 Å². The van der Waals surface area contributed by atoms with Crippen LogP contribution in [0.2, 0.25) is 0 Å². The molecule has 0 unspecified atom stereocenters. The van der Waals surface area contributed by atoms with Gasteiger partial charge in [-0.2, -0.15) is 6.67 Å². The van der Waals surface area contributed by atoms with Gasteiger partial charge in [-0.05, 0) is 74.5 Å². The van der Waals surface area contributed by atoms with Gasteiger partial charge < -0.3 is 9.80 Å². The number of pyridine rings is 1. The molecular weight excluding hydrogens is 817 g/mol. The molecule has 0 saturated carbocycles. The van der Waals surface area contributed by atoms with E-state index in [-0.39, 0.29) is 11.6 Å². The second-order valence-corrected chi connectivity index (χ2v) is 23.1. The van der Waals surface area contributed by atoms with Crippen LogP contribution in [0, 0.1) is 18.3 Å². The summed E-state index contributed by atoms with van der Waals surface area (Å²) in [6, 6.07) is 18.7. The molecule has 1 aromatic heterocycles. The van der Waals surface area contributed by atoms with Crippen LogP contribution in [0.3, 0.4) is 0 Å². The summed E-state index contributed by atoms with van der Waals surface area (Å²) in [7, 11) is 0. The molecule has 0 amide bonds. The molecule has 0 atom stereocenters. The third-order valence-corrected chi connectivity index (χ3v) is 4.56. The van der Waals surface area contributed by atoms with Gasteiger partial charge in [0.25, 0.3) is 0 Å². The Kier molecular flexibility index (Phi) is 12.7. The molecule has 1 aliphatic rings. The SMILES string of the molecule is CCN1[CH-]N(CC)C(c2ccc(F)cc2)=C1c1ccc(F)cc1.[I][Pt][I].c1ccncc1. The van der Waals surface area contributed by atoms with Gasteiger partial charge in [0.15, 0.2) is 0 Å². The van der Waals surface area contributed by atoms with E-state index in [4.69, 9.17) is 0 Å². The molecule has 0 fully saturated rings. The normalized spacial score (nSPS) is 12.8. The molecule has 32 heavy (non-hydrogen) atoms. The quantitative estimate of drug-likeness (QED) is 0.202. The van der Waals surface area contributed by atoms with E-state index in [0.29, 0.717) is 11.2 Å². The topological polar surface area (TPSA) is 19.4 Å². The van der Waals surface area contributed by atoms with Crippen molar-refractivity contribution in [1.82, 2.24) is 14.8 Å². The molecule has 2 heterocycles. The van der Waals surface area contributed by atoms with Crippen molar-refractivity contribution in [3.63, 3.8) is 0 Å². The standard InChI is InChI=1S/C19H19F2N2.C5H5N.2HI.Pt/c1-3-22-13-23(4-2)19(15-7-11-17(21)12-8-15)18(22)14-5-9-16(20)10-6-14;1-2-4-6-5-3-1;;;/h5-13H,3-4H2,1-2H3;1-5H;2*1H;/q-1;;;;+2/p-2. The van der Waals surface area contributed by atoms with Gasteiger partial charge in [-0.25, -0.2) is 8.78 Å². The van der Waals surface area contributed by atoms with Gasteiger partial charge in [-0.1, -0.05) is 30.3 Å². The first-order valence-electron chi connectivity index (χ1n) is 9.87. The summed E-state index contributed by atoms with van der Waals surface area (Å²) in [6.07, 6.45) is 3.50. The van der Waals surface area contributed by atoms with Crippen LogP contribution >= 0.6 is 38.7 Å². The van der Waals surface area contributed by atoms with Crippen molar-refractivity contribution in [3.05, 3.63) is 109 Å². The largest absolute Gasteiger partial charge is 0.265 e. The molecule has 0 bridgehead atoms. The molecule has 1 aliphatic heterocycles. The number of halogens is 4. The minimum absolute atomic E-state index is 0.255. The van der Waals surface area contributed by atoms with E-state index in [9.17, 15) is 8.78 Å². The average Bonchev–Trinajstić information content (AvgIpc) is 3.21. The Labute approximate surface area is 218 Å². The predicted octanol–water partition coefficient (Wildman–Crippen LogP) is 7.42. The van der Waals surface area contributed by atoms with Gasteiger partial charge in [-0.3, -0.25) is 4.98 Å².